The van der Waals surface area contributed by atoms with Gasteiger partial charge in [0.15, 0.2) is 0 Å². The predicted octanol–water partition coefficient (Wildman–Crippen LogP) is 1.17. The summed E-state index contributed by atoms with van der Waals surface area (Å²) >= 11 is 0. The number of ether oxygens (including phenoxy) is 1. The van der Waals surface area contributed by atoms with Crippen molar-refractivity contribution < 1.29 is 9.53 Å². The van der Waals surface area contributed by atoms with Gasteiger partial charge in [0.05, 0.1) is 12.7 Å². The SMILES string of the molecule is CNC(=O)NC[C@@H]1CCC2(CCN(c3ncccn3)CC2)CO1. The van der Waals surface area contributed by atoms with E-state index in [1.807, 2.05) is 6.07 Å². The van der Waals surface area contributed by atoms with Gasteiger partial charge in [-0.25, -0.2) is 14.8 Å². The molecule has 3 rings (SSSR count). The second-order valence-electron chi connectivity index (χ2n) is 6.47. The molecule has 7 nitrogen and oxygen atoms in total. The number of nitrogens with one attached hydrogen (secondary N) is 2. The van der Waals surface area contributed by atoms with Gasteiger partial charge < -0.3 is 20.3 Å². The molecule has 0 bridgehead atoms. The number of nitrogens with zero attached hydrogens (tertiary/aromatic N) is 3. The van der Waals surface area contributed by atoms with Crippen LogP contribution in [0.1, 0.15) is 25.7 Å². The standard InChI is InChI=1S/C16H25N5O2/c1-17-15(22)20-11-13-3-4-16(12-23-13)5-9-21(10-6-16)14-18-7-2-8-19-14/h2,7-8,13H,3-6,9-12H2,1H3,(H2,17,20,22)/t13-/m0/s1. The zero-order valence-corrected chi connectivity index (χ0v) is 13.6. The fraction of sp³-hybridized carbons (Fsp3) is 0.688. The minimum absolute atomic E-state index is 0.133. The van der Waals surface area contributed by atoms with Crippen LogP contribution >= 0.6 is 0 Å². The van der Waals surface area contributed by atoms with Gasteiger partial charge in [-0.15, -0.1) is 0 Å². The van der Waals surface area contributed by atoms with Gasteiger partial charge in [-0.3, -0.25) is 0 Å². The number of aromatic nitrogens is 2. The first-order valence-corrected chi connectivity index (χ1v) is 8.30. The summed E-state index contributed by atoms with van der Waals surface area (Å²) in [6.45, 7) is 3.33. The summed E-state index contributed by atoms with van der Waals surface area (Å²) in [7, 11) is 1.62. The summed E-state index contributed by atoms with van der Waals surface area (Å²) in [4.78, 5) is 22.1. The fourth-order valence-electron chi connectivity index (χ4n) is 3.40. The van der Waals surface area contributed by atoms with Crippen molar-refractivity contribution in [3.8, 4) is 0 Å². The first-order valence-electron chi connectivity index (χ1n) is 8.30. The molecule has 3 heterocycles. The Morgan fingerprint density at radius 1 is 1.35 bits per heavy atom. The van der Waals surface area contributed by atoms with E-state index in [2.05, 4.69) is 25.5 Å². The number of urea groups is 1. The Morgan fingerprint density at radius 2 is 2.09 bits per heavy atom. The summed E-state index contributed by atoms with van der Waals surface area (Å²) < 4.78 is 6.01. The van der Waals surface area contributed by atoms with Crippen molar-refractivity contribution in [3.05, 3.63) is 18.5 Å². The summed E-state index contributed by atoms with van der Waals surface area (Å²) in [6.07, 6.45) is 8.11. The maximum atomic E-state index is 11.2. The van der Waals surface area contributed by atoms with Gasteiger partial charge in [0, 0.05) is 39.1 Å². The van der Waals surface area contributed by atoms with E-state index in [-0.39, 0.29) is 17.6 Å². The molecule has 0 aromatic carbocycles. The molecule has 2 amide bonds. The monoisotopic (exact) mass is 319 g/mol. The molecule has 2 saturated heterocycles. The molecule has 0 unspecified atom stereocenters. The molecule has 1 aromatic rings. The highest BCUT2D eigenvalue weighted by molar-refractivity contribution is 5.73. The van der Waals surface area contributed by atoms with E-state index < -0.39 is 0 Å². The van der Waals surface area contributed by atoms with Gasteiger partial charge in [0.2, 0.25) is 5.95 Å². The maximum absolute atomic E-state index is 11.2. The molecule has 1 spiro atoms. The predicted molar refractivity (Wildman–Crippen MR) is 87.3 cm³/mol. The zero-order chi connectivity index (χ0) is 16.1. The molecule has 126 valence electrons. The minimum atomic E-state index is -0.148. The van der Waals surface area contributed by atoms with Crippen molar-refractivity contribution in [1.29, 1.82) is 0 Å². The fourth-order valence-corrected chi connectivity index (χ4v) is 3.40. The van der Waals surface area contributed by atoms with E-state index in [1.54, 1.807) is 19.4 Å². The Hall–Kier alpha value is -1.89. The van der Waals surface area contributed by atoms with Crippen LogP contribution in [0.2, 0.25) is 0 Å². The van der Waals surface area contributed by atoms with Crippen molar-refractivity contribution in [2.45, 2.75) is 31.8 Å². The topological polar surface area (TPSA) is 79.4 Å². The van der Waals surface area contributed by atoms with Crippen LogP contribution in [0.15, 0.2) is 18.5 Å². The highest BCUT2D eigenvalue weighted by Gasteiger charge is 2.39. The van der Waals surface area contributed by atoms with Crippen LogP contribution in [0.5, 0.6) is 0 Å². The first-order chi connectivity index (χ1) is 11.2. The number of carbonyl (C=O) groups excluding carboxylic acids is 1. The molecule has 23 heavy (non-hydrogen) atoms. The third-order valence-corrected chi connectivity index (χ3v) is 5.00. The largest absolute Gasteiger partial charge is 0.376 e. The summed E-state index contributed by atoms with van der Waals surface area (Å²) in [5, 5.41) is 5.38. The third-order valence-electron chi connectivity index (χ3n) is 5.00. The highest BCUT2D eigenvalue weighted by Crippen LogP contribution is 2.40. The number of hydrogen-bond acceptors (Lipinski definition) is 5. The first kappa shape index (κ1) is 16.0. The van der Waals surface area contributed by atoms with Crippen LogP contribution in [0.4, 0.5) is 10.7 Å². The average molecular weight is 319 g/mol. The van der Waals surface area contributed by atoms with E-state index in [4.69, 9.17) is 4.74 Å². The van der Waals surface area contributed by atoms with Crippen molar-refractivity contribution >= 4 is 12.0 Å². The van der Waals surface area contributed by atoms with Gasteiger partial charge in [-0.2, -0.15) is 0 Å². The molecule has 0 saturated carbocycles. The number of anilines is 1. The molecule has 7 heteroatoms. The van der Waals surface area contributed by atoms with Crippen LogP contribution < -0.4 is 15.5 Å². The van der Waals surface area contributed by atoms with E-state index >= 15 is 0 Å². The zero-order valence-electron chi connectivity index (χ0n) is 13.6. The second kappa shape index (κ2) is 7.12. The lowest BCUT2D eigenvalue weighted by molar-refractivity contribution is -0.0697. The number of amides is 2. The Balaban J connectivity index is 1.46. The van der Waals surface area contributed by atoms with Crippen LogP contribution in [0.3, 0.4) is 0 Å². The van der Waals surface area contributed by atoms with Crippen molar-refractivity contribution in [3.63, 3.8) is 0 Å². The molecular weight excluding hydrogens is 294 g/mol. The molecule has 0 radical (unpaired) electrons. The number of piperidine rings is 1. The third kappa shape index (κ3) is 3.90. The second-order valence-corrected chi connectivity index (χ2v) is 6.47. The lowest BCUT2D eigenvalue weighted by atomic mass is 9.73. The van der Waals surface area contributed by atoms with E-state index in [1.165, 1.54) is 0 Å². The normalized spacial score (nSPS) is 23.5. The molecule has 2 N–H and O–H groups in total. The van der Waals surface area contributed by atoms with Crippen LogP contribution in [0.25, 0.3) is 0 Å². The lowest BCUT2D eigenvalue weighted by Gasteiger charge is -2.45. The number of rotatable bonds is 3. The molecular formula is C16H25N5O2. The molecule has 0 aliphatic carbocycles. The van der Waals surface area contributed by atoms with Crippen molar-refractivity contribution in [2.24, 2.45) is 5.41 Å². The van der Waals surface area contributed by atoms with Crippen LogP contribution in [-0.2, 0) is 4.74 Å². The lowest BCUT2D eigenvalue weighted by Crippen LogP contribution is -2.48. The Kier molecular flexibility index (Phi) is 4.95. The average Bonchev–Trinajstić information content (AvgIpc) is 2.62. The van der Waals surface area contributed by atoms with E-state index in [0.717, 1.165) is 51.3 Å². The summed E-state index contributed by atoms with van der Waals surface area (Å²) in [6, 6.07) is 1.70. The summed E-state index contributed by atoms with van der Waals surface area (Å²) in [5.41, 5.74) is 0.287. The molecule has 2 aliphatic rings. The van der Waals surface area contributed by atoms with Gasteiger partial charge in [0.25, 0.3) is 0 Å². The molecule has 2 aliphatic heterocycles. The highest BCUT2D eigenvalue weighted by atomic mass is 16.5. The molecule has 1 aromatic heterocycles. The summed E-state index contributed by atoms with van der Waals surface area (Å²) in [5.74, 6) is 0.826. The van der Waals surface area contributed by atoms with Gasteiger partial charge in [-0.1, -0.05) is 0 Å². The van der Waals surface area contributed by atoms with E-state index in [0.29, 0.717) is 6.54 Å². The van der Waals surface area contributed by atoms with Gasteiger partial charge in [0.1, 0.15) is 0 Å². The van der Waals surface area contributed by atoms with Gasteiger partial charge >= 0.3 is 6.03 Å². The Morgan fingerprint density at radius 3 is 2.70 bits per heavy atom. The van der Waals surface area contributed by atoms with Gasteiger partial charge in [-0.05, 0) is 37.2 Å². The molecule has 1 atom stereocenters. The van der Waals surface area contributed by atoms with Crippen LogP contribution in [-0.4, -0.2) is 55.4 Å². The maximum Gasteiger partial charge on any atom is 0.314 e. The van der Waals surface area contributed by atoms with E-state index in [9.17, 15) is 4.79 Å². The Labute approximate surface area is 136 Å². The van der Waals surface area contributed by atoms with Crippen molar-refractivity contribution in [1.82, 2.24) is 20.6 Å². The quantitative estimate of drug-likeness (QED) is 0.874. The Bertz CT molecular complexity index is 506. The van der Waals surface area contributed by atoms with Crippen LogP contribution in [0, 0.1) is 5.41 Å². The number of hydrogen-bond donors (Lipinski definition) is 2. The number of carbonyl (C=O) groups is 1. The smallest absolute Gasteiger partial charge is 0.314 e. The van der Waals surface area contributed by atoms with Crippen molar-refractivity contribution in [2.75, 3.05) is 38.2 Å². The molecule has 2 fully saturated rings. The minimum Gasteiger partial charge on any atom is -0.376 e.